The highest BCUT2D eigenvalue weighted by Crippen LogP contribution is 2.46. The molecule has 1 aliphatic heterocycles. The fraction of sp³-hybridized carbons (Fsp3) is 0.385. The van der Waals surface area contributed by atoms with Crippen molar-refractivity contribution in [3.8, 4) is 5.75 Å². The average Bonchev–Trinajstić information content (AvgIpc) is 3.14. The van der Waals surface area contributed by atoms with E-state index in [0.717, 1.165) is 21.6 Å². The molecule has 0 aliphatic carbocycles. The maximum atomic E-state index is 14.2. The first kappa shape index (κ1) is 42.7. The number of carboxylic acids is 1. The third kappa shape index (κ3) is 12.5. The lowest BCUT2D eigenvalue weighted by atomic mass is 9.99. The number of carboxylic acid groups (broad SMARTS) is 1. The number of hydrogen-bond acceptors (Lipinski definition) is 10. The van der Waals surface area contributed by atoms with Gasteiger partial charge >= 0.3 is 5.97 Å². The number of phenols is 1. The molecule has 5 amide bonds. The highest BCUT2D eigenvalue weighted by atomic mass is 33.1. The van der Waals surface area contributed by atoms with Crippen LogP contribution in [0, 0.1) is 0 Å². The fourth-order valence-corrected chi connectivity index (χ4v) is 8.59. The van der Waals surface area contributed by atoms with E-state index < -0.39 is 81.8 Å². The number of benzene rings is 3. The SMILES string of the molecule is CC1(C)SSC(C)(C)[C@@H](C(=O)N[C@@H](Cc2ccccc2)C(=O)O)NC(=O)[C@H](Cc2ccccc2)NC(=O)CNC(=O)C1NC(=O)[C@@H](N)Cc1ccc(O)cc1. The van der Waals surface area contributed by atoms with E-state index in [1.807, 2.05) is 0 Å². The van der Waals surface area contributed by atoms with Crippen LogP contribution in [-0.2, 0) is 48.0 Å². The third-order valence-corrected chi connectivity index (χ3v) is 13.2. The van der Waals surface area contributed by atoms with E-state index in [1.54, 1.807) is 100 Å². The van der Waals surface area contributed by atoms with Gasteiger partial charge in [0.2, 0.25) is 29.5 Å². The van der Waals surface area contributed by atoms with Crippen LogP contribution in [0.3, 0.4) is 0 Å². The van der Waals surface area contributed by atoms with E-state index in [-0.39, 0.29) is 25.0 Å². The molecule has 1 saturated heterocycles. The first-order valence-electron chi connectivity index (χ1n) is 17.6. The Bertz CT molecular complexity index is 1830. The molecule has 1 heterocycles. The van der Waals surface area contributed by atoms with Crippen molar-refractivity contribution in [2.75, 3.05) is 6.54 Å². The van der Waals surface area contributed by atoms with Crippen LogP contribution in [0.4, 0.5) is 0 Å². The van der Waals surface area contributed by atoms with Gasteiger partial charge < -0.3 is 42.5 Å². The van der Waals surface area contributed by atoms with Gasteiger partial charge in [0.15, 0.2) is 0 Å². The van der Waals surface area contributed by atoms with Crippen LogP contribution in [0.2, 0.25) is 0 Å². The molecular formula is C39H48N6O8S2. The number of aromatic hydroxyl groups is 1. The van der Waals surface area contributed by atoms with Gasteiger partial charge in [0, 0.05) is 22.3 Å². The summed E-state index contributed by atoms with van der Waals surface area (Å²) in [6.07, 6.45) is 0.133. The van der Waals surface area contributed by atoms with Crippen LogP contribution in [0.1, 0.15) is 44.4 Å². The average molecular weight is 793 g/mol. The Hall–Kier alpha value is -5.06. The summed E-state index contributed by atoms with van der Waals surface area (Å²) in [6.45, 7) is 6.25. The third-order valence-electron chi connectivity index (χ3n) is 8.94. The first-order chi connectivity index (χ1) is 25.9. The number of amides is 5. The Kier molecular flexibility index (Phi) is 14.7. The zero-order valence-electron chi connectivity index (χ0n) is 31.0. The minimum absolute atomic E-state index is 0.0179. The molecule has 0 spiro atoms. The smallest absolute Gasteiger partial charge is 0.326 e. The van der Waals surface area contributed by atoms with Crippen LogP contribution in [-0.4, -0.2) is 92.0 Å². The Morgan fingerprint density at radius 1 is 0.800 bits per heavy atom. The fourth-order valence-electron chi connectivity index (χ4n) is 5.77. The lowest BCUT2D eigenvalue weighted by Gasteiger charge is -2.39. The largest absolute Gasteiger partial charge is 0.508 e. The Balaban J connectivity index is 1.66. The molecular weight excluding hydrogens is 745 g/mol. The molecule has 1 aliphatic rings. The quantitative estimate of drug-likeness (QED) is 0.131. The lowest BCUT2D eigenvalue weighted by Crippen LogP contribution is -2.63. The summed E-state index contributed by atoms with van der Waals surface area (Å²) in [5, 5.41) is 33.1. The molecule has 0 radical (unpaired) electrons. The molecule has 0 saturated carbocycles. The van der Waals surface area contributed by atoms with E-state index in [1.165, 1.54) is 12.1 Å². The number of hydrogen-bond donors (Lipinski definition) is 8. The van der Waals surface area contributed by atoms with Crippen molar-refractivity contribution in [1.29, 1.82) is 0 Å². The number of nitrogens with two attached hydrogens (primary N) is 1. The van der Waals surface area contributed by atoms with Crippen molar-refractivity contribution in [1.82, 2.24) is 26.6 Å². The lowest BCUT2D eigenvalue weighted by molar-refractivity contribution is -0.142. The molecule has 3 aromatic rings. The monoisotopic (exact) mass is 792 g/mol. The summed E-state index contributed by atoms with van der Waals surface area (Å²) < 4.78 is -2.29. The standard InChI is InChI=1S/C39H48N6O8S2/c1-38(2)31(44-33(48)27(40)19-25-15-17-26(46)18-16-25)35(50)41-22-30(47)42-28(20-23-11-7-5-8-12-23)34(49)45-32(39(3,4)55-54-38)36(51)43-29(37(52)53)21-24-13-9-6-10-14-24/h5-18,27-29,31-32,46H,19-22,40H2,1-4H3,(H,41,50)(H,42,47)(H,43,51)(H,44,48)(H,45,49)(H,52,53)/t27-,28-,29-,31?,32+/m0/s1. The normalized spacial score (nSPS) is 21.3. The summed E-state index contributed by atoms with van der Waals surface area (Å²) >= 11 is 0. The Morgan fingerprint density at radius 2 is 1.36 bits per heavy atom. The van der Waals surface area contributed by atoms with E-state index >= 15 is 0 Å². The zero-order chi connectivity index (χ0) is 40.3. The van der Waals surface area contributed by atoms with Gasteiger partial charge in [-0.15, -0.1) is 0 Å². The van der Waals surface area contributed by atoms with E-state index in [0.29, 0.717) is 16.7 Å². The molecule has 5 atom stereocenters. The summed E-state index contributed by atoms with van der Waals surface area (Å²) in [7, 11) is 2.32. The van der Waals surface area contributed by atoms with Crippen LogP contribution < -0.4 is 32.3 Å². The van der Waals surface area contributed by atoms with Gasteiger partial charge in [-0.3, -0.25) is 24.0 Å². The van der Waals surface area contributed by atoms with Crippen molar-refractivity contribution in [2.24, 2.45) is 5.73 Å². The van der Waals surface area contributed by atoms with E-state index in [4.69, 9.17) is 5.73 Å². The molecule has 9 N–H and O–H groups in total. The Morgan fingerprint density at radius 3 is 1.96 bits per heavy atom. The number of aliphatic carboxylic acids is 1. The molecule has 3 aromatic carbocycles. The van der Waals surface area contributed by atoms with Crippen LogP contribution in [0.5, 0.6) is 5.75 Å². The van der Waals surface area contributed by atoms with Gasteiger partial charge in [-0.05, 0) is 62.9 Å². The van der Waals surface area contributed by atoms with Gasteiger partial charge in [0.1, 0.15) is 29.9 Å². The zero-order valence-corrected chi connectivity index (χ0v) is 32.7. The van der Waals surface area contributed by atoms with Gasteiger partial charge in [-0.25, -0.2) is 4.79 Å². The van der Waals surface area contributed by atoms with Crippen LogP contribution in [0.25, 0.3) is 0 Å². The predicted molar refractivity (Wildman–Crippen MR) is 212 cm³/mol. The summed E-state index contributed by atoms with van der Waals surface area (Å²) in [6, 6.07) is 17.7. The highest BCUT2D eigenvalue weighted by molar-refractivity contribution is 8.77. The molecule has 4 rings (SSSR count). The molecule has 55 heavy (non-hydrogen) atoms. The summed E-state index contributed by atoms with van der Waals surface area (Å²) in [5.74, 6) is -4.70. The topological polar surface area (TPSA) is 229 Å². The van der Waals surface area contributed by atoms with Crippen LogP contribution in [0.15, 0.2) is 84.9 Å². The first-order valence-corrected chi connectivity index (χ1v) is 19.8. The van der Waals surface area contributed by atoms with Crippen molar-refractivity contribution in [3.05, 3.63) is 102 Å². The number of phenolic OH excluding ortho intramolecular Hbond substituents is 1. The number of carbonyl (C=O) groups excluding carboxylic acids is 5. The molecule has 16 heteroatoms. The van der Waals surface area contributed by atoms with Crippen LogP contribution >= 0.6 is 21.6 Å². The maximum absolute atomic E-state index is 14.2. The van der Waals surface area contributed by atoms with E-state index in [9.17, 15) is 39.0 Å². The van der Waals surface area contributed by atoms with Crippen molar-refractivity contribution < 1.29 is 39.0 Å². The van der Waals surface area contributed by atoms with Gasteiger partial charge in [0.05, 0.1) is 12.6 Å². The molecule has 1 unspecified atom stereocenters. The second-order valence-corrected chi connectivity index (χ2v) is 17.8. The number of rotatable bonds is 11. The maximum Gasteiger partial charge on any atom is 0.326 e. The number of carbonyl (C=O) groups is 6. The van der Waals surface area contributed by atoms with Gasteiger partial charge in [-0.1, -0.05) is 94.4 Å². The molecule has 14 nitrogen and oxygen atoms in total. The van der Waals surface area contributed by atoms with Crippen molar-refractivity contribution in [3.63, 3.8) is 0 Å². The summed E-state index contributed by atoms with van der Waals surface area (Å²) in [5.41, 5.74) is 8.33. The highest BCUT2D eigenvalue weighted by Gasteiger charge is 2.45. The molecule has 0 bridgehead atoms. The second-order valence-electron chi connectivity index (χ2n) is 14.4. The minimum Gasteiger partial charge on any atom is -0.508 e. The second kappa shape index (κ2) is 19.0. The predicted octanol–water partition coefficient (Wildman–Crippen LogP) is 1.84. The molecule has 0 aromatic heterocycles. The van der Waals surface area contributed by atoms with Crippen molar-refractivity contribution >= 4 is 57.1 Å². The summed E-state index contributed by atoms with van der Waals surface area (Å²) in [4.78, 5) is 81.1. The number of nitrogens with one attached hydrogen (secondary N) is 5. The van der Waals surface area contributed by atoms with Gasteiger partial charge in [0.25, 0.3) is 0 Å². The Labute approximate surface area is 327 Å². The minimum atomic E-state index is -1.34. The van der Waals surface area contributed by atoms with E-state index in [2.05, 4.69) is 26.6 Å². The van der Waals surface area contributed by atoms with Gasteiger partial charge in [-0.2, -0.15) is 0 Å². The van der Waals surface area contributed by atoms with Crippen molar-refractivity contribution in [2.45, 2.75) is 86.7 Å². The molecule has 294 valence electrons. The molecule has 1 fully saturated rings.